The molecule has 0 heterocycles. The molecule has 118 valence electrons. The number of benzene rings is 1. The van der Waals surface area contributed by atoms with Crippen molar-refractivity contribution in [3.05, 3.63) is 28.3 Å². The number of carboxylic acid groups (broad SMARTS) is 1. The van der Waals surface area contributed by atoms with Crippen molar-refractivity contribution in [3.63, 3.8) is 0 Å². The van der Waals surface area contributed by atoms with Gasteiger partial charge in [0, 0.05) is 17.5 Å². The Kier molecular flexibility index (Phi) is 5.66. The number of carboxylic acids is 1. The highest BCUT2D eigenvalue weighted by atomic mass is 35.5. The Hall–Kier alpha value is -1.25. The molecule has 1 aromatic rings. The van der Waals surface area contributed by atoms with Gasteiger partial charge in [0.15, 0.2) is 0 Å². The van der Waals surface area contributed by atoms with Gasteiger partial charge in [-0.25, -0.2) is 26.7 Å². The Morgan fingerprint density at radius 3 is 2.48 bits per heavy atom. The van der Waals surface area contributed by atoms with Crippen molar-refractivity contribution < 1.29 is 27.1 Å². The first kappa shape index (κ1) is 17.8. The van der Waals surface area contributed by atoms with Crippen LogP contribution in [0.15, 0.2) is 17.0 Å². The zero-order valence-electron chi connectivity index (χ0n) is 11.2. The Balaban J connectivity index is 3.16. The molecule has 0 saturated heterocycles. The average molecular weight is 342 g/mol. The predicted molar refractivity (Wildman–Crippen MR) is 73.5 cm³/mol. The molecule has 0 amide bonds. The number of halogens is 3. The third-order valence-corrected chi connectivity index (χ3v) is 4.80. The van der Waals surface area contributed by atoms with E-state index in [0.717, 1.165) is 12.1 Å². The molecule has 1 unspecified atom stereocenters. The summed E-state index contributed by atoms with van der Waals surface area (Å²) in [4.78, 5) is 10.6. The predicted octanol–water partition coefficient (Wildman–Crippen LogP) is 2.53. The quantitative estimate of drug-likeness (QED) is 0.832. The van der Waals surface area contributed by atoms with Crippen molar-refractivity contribution in [1.82, 2.24) is 4.72 Å². The SMILES string of the molecule is Cc1c(Cl)cc(C(=O)O)cc1S(=O)(=O)NCC(C)C(F)F. The van der Waals surface area contributed by atoms with E-state index in [1.807, 2.05) is 4.72 Å². The van der Waals surface area contributed by atoms with E-state index < -0.39 is 34.9 Å². The lowest BCUT2D eigenvalue weighted by Gasteiger charge is -2.14. The van der Waals surface area contributed by atoms with Crippen LogP contribution in [0.4, 0.5) is 8.78 Å². The van der Waals surface area contributed by atoms with Crippen LogP contribution in [0.1, 0.15) is 22.8 Å². The van der Waals surface area contributed by atoms with Crippen LogP contribution >= 0.6 is 11.6 Å². The molecule has 2 N–H and O–H groups in total. The summed E-state index contributed by atoms with van der Waals surface area (Å²) in [6, 6.07) is 2.07. The standard InChI is InChI=1S/C12H14ClF2NO4S/c1-6(11(14)15)5-16-21(19,20)10-4-8(12(17)18)3-9(13)7(10)2/h3-4,6,11,16H,5H2,1-2H3,(H,17,18). The van der Waals surface area contributed by atoms with Crippen molar-refractivity contribution in [2.24, 2.45) is 5.92 Å². The summed E-state index contributed by atoms with van der Waals surface area (Å²) >= 11 is 5.81. The van der Waals surface area contributed by atoms with E-state index in [1.54, 1.807) is 0 Å². The van der Waals surface area contributed by atoms with E-state index in [0.29, 0.717) is 0 Å². The molecule has 0 bridgehead atoms. The molecular weight excluding hydrogens is 328 g/mol. The number of sulfonamides is 1. The van der Waals surface area contributed by atoms with Gasteiger partial charge in [-0.3, -0.25) is 0 Å². The van der Waals surface area contributed by atoms with E-state index in [2.05, 4.69) is 0 Å². The van der Waals surface area contributed by atoms with Gasteiger partial charge in [0.2, 0.25) is 16.4 Å². The summed E-state index contributed by atoms with van der Waals surface area (Å²) in [6.45, 7) is 2.13. The van der Waals surface area contributed by atoms with Crippen LogP contribution in [0, 0.1) is 12.8 Å². The highest BCUT2D eigenvalue weighted by Crippen LogP contribution is 2.25. The van der Waals surface area contributed by atoms with E-state index in [1.165, 1.54) is 13.8 Å². The molecule has 0 spiro atoms. The van der Waals surface area contributed by atoms with Crippen molar-refractivity contribution >= 4 is 27.6 Å². The fraction of sp³-hybridized carbons (Fsp3) is 0.417. The Labute approximate surface area is 126 Å². The van der Waals surface area contributed by atoms with Crippen molar-refractivity contribution in [3.8, 4) is 0 Å². The van der Waals surface area contributed by atoms with Crippen molar-refractivity contribution in [1.29, 1.82) is 0 Å². The maximum Gasteiger partial charge on any atom is 0.335 e. The van der Waals surface area contributed by atoms with Crippen LogP contribution in [-0.2, 0) is 10.0 Å². The molecular formula is C12H14ClF2NO4S. The third kappa shape index (κ3) is 4.36. The van der Waals surface area contributed by atoms with Crippen LogP contribution < -0.4 is 4.72 Å². The lowest BCUT2D eigenvalue weighted by Crippen LogP contribution is -2.31. The normalized spacial score (nSPS) is 13.4. The van der Waals surface area contributed by atoms with Gasteiger partial charge in [-0.15, -0.1) is 0 Å². The minimum atomic E-state index is -4.13. The molecule has 0 aliphatic heterocycles. The van der Waals surface area contributed by atoms with Gasteiger partial charge < -0.3 is 5.11 Å². The second kappa shape index (κ2) is 6.67. The lowest BCUT2D eigenvalue weighted by molar-refractivity contribution is 0.0696. The summed E-state index contributed by atoms with van der Waals surface area (Å²) in [5, 5.41) is 8.88. The fourth-order valence-electron chi connectivity index (χ4n) is 1.46. The van der Waals surface area contributed by atoms with E-state index in [-0.39, 0.29) is 21.0 Å². The van der Waals surface area contributed by atoms with Crippen molar-refractivity contribution in [2.45, 2.75) is 25.2 Å². The number of hydrogen-bond donors (Lipinski definition) is 2. The number of nitrogens with one attached hydrogen (secondary N) is 1. The fourth-order valence-corrected chi connectivity index (χ4v) is 3.17. The number of hydrogen-bond acceptors (Lipinski definition) is 3. The Morgan fingerprint density at radius 2 is 2.00 bits per heavy atom. The molecule has 0 aliphatic rings. The number of carbonyl (C=O) groups is 1. The van der Waals surface area contributed by atoms with Gasteiger partial charge in [0.05, 0.1) is 10.5 Å². The molecule has 5 nitrogen and oxygen atoms in total. The maximum atomic E-state index is 12.4. The minimum Gasteiger partial charge on any atom is -0.478 e. The summed E-state index contributed by atoms with van der Waals surface area (Å²) in [5.41, 5.74) is -0.147. The summed E-state index contributed by atoms with van der Waals surface area (Å²) in [6.07, 6.45) is -2.66. The van der Waals surface area contributed by atoms with Crippen LogP contribution in [0.5, 0.6) is 0 Å². The zero-order chi connectivity index (χ0) is 16.4. The second-order valence-corrected chi connectivity index (χ2v) is 6.69. The van der Waals surface area contributed by atoms with Gasteiger partial charge >= 0.3 is 5.97 Å². The molecule has 0 radical (unpaired) electrons. The molecule has 1 rings (SSSR count). The highest BCUT2D eigenvalue weighted by molar-refractivity contribution is 7.89. The van der Waals surface area contributed by atoms with Gasteiger partial charge in [-0.1, -0.05) is 18.5 Å². The molecule has 0 aliphatic carbocycles. The summed E-state index contributed by atoms with van der Waals surface area (Å²) < 4.78 is 51.0. The summed E-state index contributed by atoms with van der Waals surface area (Å²) in [5.74, 6) is -2.51. The van der Waals surface area contributed by atoms with Crippen LogP contribution in [0.25, 0.3) is 0 Å². The average Bonchev–Trinajstić information content (AvgIpc) is 2.38. The smallest absolute Gasteiger partial charge is 0.335 e. The minimum absolute atomic E-state index is 0.0304. The van der Waals surface area contributed by atoms with Gasteiger partial charge in [-0.2, -0.15) is 0 Å². The van der Waals surface area contributed by atoms with Crippen molar-refractivity contribution in [2.75, 3.05) is 6.54 Å². The van der Waals surface area contributed by atoms with Crippen LogP contribution in [-0.4, -0.2) is 32.5 Å². The Bertz CT molecular complexity index is 649. The lowest BCUT2D eigenvalue weighted by atomic mass is 10.1. The monoisotopic (exact) mass is 341 g/mol. The highest BCUT2D eigenvalue weighted by Gasteiger charge is 2.23. The largest absolute Gasteiger partial charge is 0.478 e. The second-order valence-electron chi connectivity index (χ2n) is 4.55. The first-order chi connectivity index (χ1) is 9.56. The van der Waals surface area contributed by atoms with Crippen LogP contribution in [0.2, 0.25) is 5.02 Å². The third-order valence-electron chi connectivity index (χ3n) is 2.86. The molecule has 21 heavy (non-hydrogen) atoms. The maximum absolute atomic E-state index is 12.4. The first-order valence-electron chi connectivity index (χ1n) is 5.87. The van der Waals surface area contributed by atoms with Gasteiger partial charge in [0.1, 0.15) is 0 Å². The molecule has 1 atom stereocenters. The molecule has 0 saturated carbocycles. The van der Waals surface area contributed by atoms with Crippen LogP contribution in [0.3, 0.4) is 0 Å². The van der Waals surface area contributed by atoms with E-state index in [4.69, 9.17) is 16.7 Å². The van der Waals surface area contributed by atoms with E-state index in [9.17, 15) is 22.0 Å². The molecule has 0 fully saturated rings. The number of aromatic carboxylic acids is 1. The number of alkyl halides is 2. The summed E-state index contributed by atoms with van der Waals surface area (Å²) in [7, 11) is -4.13. The van der Waals surface area contributed by atoms with Gasteiger partial charge in [-0.05, 0) is 24.6 Å². The first-order valence-corrected chi connectivity index (χ1v) is 7.73. The zero-order valence-corrected chi connectivity index (χ0v) is 12.8. The van der Waals surface area contributed by atoms with E-state index >= 15 is 0 Å². The Morgan fingerprint density at radius 1 is 1.43 bits per heavy atom. The topological polar surface area (TPSA) is 83.5 Å². The van der Waals surface area contributed by atoms with Gasteiger partial charge in [0.25, 0.3) is 0 Å². The number of rotatable bonds is 6. The molecule has 9 heteroatoms. The molecule has 1 aromatic carbocycles. The molecule has 0 aromatic heterocycles.